The zero-order chi connectivity index (χ0) is 29.5. The molecule has 0 saturated carbocycles. The second-order valence-electron chi connectivity index (χ2n) is 9.67. The number of aryl methyl sites for hydroxylation is 1. The molecule has 6 atom stereocenters. The van der Waals surface area contributed by atoms with Crippen LogP contribution in [0.5, 0.6) is 5.75 Å². The van der Waals surface area contributed by atoms with Crippen molar-refractivity contribution in [2.24, 2.45) is 0 Å². The number of methoxy groups -OCH3 is 1. The van der Waals surface area contributed by atoms with Crippen molar-refractivity contribution in [2.75, 3.05) is 32.7 Å². The summed E-state index contributed by atoms with van der Waals surface area (Å²) in [6.45, 7) is -0.601. The van der Waals surface area contributed by atoms with Crippen LogP contribution >= 0.6 is 6.64 Å². The molecule has 0 aliphatic carbocycles. The number of para-hydroxylation sites is 1. The van der Waals surface area contributed by atoms with Gasteiger partial charge in [-0.1, -0.05) is 18.2 Å². The van der Waals surface area contributed by atoms with Crippen molar-refractivity contribution in [1.82, 2.24) is 24.6 Å². The van der Waals surface area contributed by atoms with Gasteiger partial charge in [-0.05, 0) is 44.7 Å². The Labute approximate surface area is 234 Å². The van der Waals surface area contributed by atoms with Gasteiger partial charge in [0.2, 0.25) is 0 Å². The number of anilines is 1. The summed E-state index contributed by atoms with van der Waals surface area (Å²) in [6, 6.07) is 7.30. The van der Waals surface area contributed by atoms with Gasteiger partial charge in [-0.25, -0.2) is 28.8 Å². The average molecular weight is 601 g/mol. The molecule has 4 rings (SSSR count). The molecular formula is C24H31F2N6O6PS. The largest absolute Gasteiger partial charge is 0.468 e. The lowest BCUT2D eigenvalue weighted by Gasteiger charge is -2.30. The van der Waals surface area contributed by atoms with E-state index in [9.17, 15) is 9.90 Å². The van der Waals surface area contributed by atoms with E-state index >= 15 is 8.78 Å². The third-order valence-corrected chi connectivity index (χ3v) is 8.71. The van der Waals surface area contributed by atoms with Crippen LogP contribution < -0.4 is 14.5 Å². The molecule has 12 nitrogen and oxygen atoms in total. The number of hydrogen-bond donors (Lipinski definition) is 2. The van der Waals surface area contributed by atoms with Gasteiger partial charge >= 0.3 is 12.6 Å². The minimum Gasteiger partial charge on any atom is -0.468 e. The van der Waals surface area contributed by atoms with Crippen molar-refractivity contribution >= 4 is 41.4 Å². The smallest absolute Gasteiger partial charge is 0.323 e. The summed E-state index contributed by atoms with van der Waals surface area (Å²) < 4.78 is 55.2. The molecule has 3 heterocycles. The highest BCUT2D eigenvalue weighted by atomic mass is 32.5. The molecule has 0 unspecified atom stereocenters. The predicted molar refractivity (Wildman–Crippen MR) is 146 cm³/mol. The van der Waals surface area contributed by atoms with Gasteiger partial charge in [0.15, 0.2) is 35.0 Å². The van der Waals surface area contributed by atoms with Crippen molar-refractivity contribution in [1.29, 1.82) is 0 Å². The van der Waals surface area contributed by atoms with E-state index in [1.54, 1.807) is 56.3 Å². The van der Waals surface area contributed by atoms with E-state index in [1.165, 1.54) is 24.9 Å². The Bertz CT molecular complexity index is 1430. The molecule has 218 valence electrons. The summed E-state index contributed by atoms with van der Waals surface area (Å²) >= 11 is 5.55. The van der Waals surface area contributed by atoms with Crippen molar-refractivity contribution in [2.45, 2.75) is 50.7 Å². The van der Waals surface area contributed by atoms with Crippen LogP contribution in [0.4, 0.5) is 14.6 Å². The number of imidazole rings is 1. The van der Waals surface area contributed by atoms with E-state index in [2.05, 4.69) is 20.0 Å². The first-order valence-electron chi connectivity index (χ1n) is 12.2. The first-order valence-corrected chi connectivity index (χ1v) is 14.8. The first-order chi connectivity index (χ1) is 18.7. The van der Waals surface area contributed by atoms with Crippen LogP contribution in [0.3, 0.4) is 0 Å². The number of rotatable bonds is 10. The number of esters is 1. The Kier molecular flexibility index (Phi) is 8.46. The summed E-state index contributed by atoms with van der Waals surface area (Å²) in [4.78, 5) is 26.7. The minimum absolute atomic E-state index is 0.188. The van der Waals surface area contributed by atoms with E-state index in [4.69, 9.17) is 30.3 Å². The zero-order valence-corrected chi connectivity index (χ0v) is 24.5. The number of benzene rings is 1. The fraction of sp³-hybridized carbons (Fsp3) is 0.500. The number of aromatic nitrogens is 4. The molecule has 2 aromatic heterocycles. The average Bonchev–Trinajstić information content (AvgIpc) is 3.39. The fourth-order valence-corrected chi connectivity index (χ4v) is 6.60. The molecule has 2 N–H and O–H groups in total. The molecule has 1 aliphatic rings. The van der Waals surface area contributed by atoms with Crippen molar-refractivity contribution < 1.29 is 37.2 Å². The van der Waals surface area contributed by atoms with E-state index < -0.39 is 49.1 Å². The van der Waals surface area contributed by atoms with Crippen LogP contribution in [0.1, 0.15) is 25.9 Å². The normalized spacial score (nSPS) is 26.8. The van der Waals surface area contributed by atoms with Crippen molar-refractivity contribution in [3.05, 3.63) is 42.5 Å². The topological polar surface area (TPSA) is 133 Å². The number of halogens is 2. The molecule has 16 heteroatoms. The third-order valence-electron chi connectivity index (χ3n) is 6.23. The molecule has 1 aliphatic heterocycles. The number of aliphatic hydroxyl groups excluding tert-OH is 1. The highest BCUT2D eigenvalue weighted by Crippen LogP contribution is 2.52. The number of carbonyl (C=O) groups is 1. The summed E-state index contributed by atoms with van der Waals surface area (Å²) in [5.41, 5.74) is -2.13. The maximum absolute atomic E-state index is 16.2. The van der Waals surface area contributed by atoms with Crippen molar-refractivity contribution in [3.63, 3.8) is 0 Å². The number of carbonyl (C=O) groups excluding carboxylic acids is 1. The van der Waals surface area contributed by atoms with Crippen LogP contribution in [0, 0.1) is 6.92 Å². The number of aliphatic hydroxyl groups is 1. The summed E-state index contributed by atoms with van der Waals surface area (Å²) in [5.74, 6) is -2.62. The Hall–Kier alpha value is -2.81. The molecular weight excluding hydrogens is 569 g/mol. The molecule has 1 aromatic carbocycles. The molecule has 3 aromatic rings. The Morgan fingerprint density at radius 1 is 1.32 bits per heavy atom. The first kappa shape index (κ1) is 30.2. The highest BCUT2D eigenvalue weighted by molar-refractivity contribution is 8.09. The van der Waals surface area contributed by atoms with Crippen LogP contribution in [-0.4, -0.2) is 82.1 Å². The molecule has 0 spiro atoms. The van der Waals surface area contributed by atoms with Crippen LogP contribution in [-0.2, 0) is 30.6 Å². The Morgan fingerprint density at radius 2 is 2.00 bits per heavy atom. The van der Waals surface area contributed by atoms with Crippen LogP contribution in [0.2, 0.25) is 0 Å². The van der Waals surface area contributed by atoms with Gasteiger partial charge in [-0.2, -0.15) is 0 Å². The number of alkyl halides is 2. The minimum atomic E-state index is -3.69. The number of nitrogens with zero attached hydrogens (tertiary/aromatic N) is 5. The second kappa shape index (κ2) is 11.2. The lowest BCUT2D eigenvalue weighted by atomic mass is 9.97. The number of fused-ring (bicyclic) bond motifs is 1. The molecule has 0 radical (unpaired) electrons. The van der Waals surface area contributed by atoms with E-state index in [-0.39, 0.29) is 11.4 Å². The number of hydrogen-bond acceptors (Lipinski definition) is 11. The predicted octanol–water partition coefficient (Wildman–Crippen LogP) is 2.96. The maximum Gasteiger partial charge on any atom is 0.323 e. The van der Waals surface area contributed by atoms with Gasteiger partial charge in [-0.15, -0.1) is 0 Å². The number of nitrogens with one attached hydrogen (secondary N) is 1. The van der Waals surface area contributed by atoms with E-state index in [0.717, 1.165) is 6.92 Å². The Morgan fingerprint density at radius 3 is 2.62 bits per heavy atom. The van der Waals surface area contributed by atoms with Crippen molar-refractivity contribution in [3.8, 4) is 5.75 Å². The van der Waals surface area contributed by atoms with E-state index in [0.29, 0.717) is 17.2 Å². The quantitative estimate of drug-likeness (QED) is 0.262. The van der Waals surface area contributed by atoms with Gasteiger partial charge in [0.05, 0.1) is 13.4 Å². The van der Waals surface area contributed by atoms with Gasteiger partial charge < -0.3 is 28.5 Å². The lowest BCUT2D eigenvalue weighted by molar-refractivity contribution is -0.202. The summed E-state index contributed by atoms with van der Waals surface area (Å²) in [6.07, 6.45) is -2.74. The molecule has 1 fully saturated rings. The van der Waals surface area contributed by atoms with Crippen LogP contribution in [0.15, 0.2) is 36.7 Å². The Balaban J connectivity index is 1.64. The fourth-order valence-electron chi connectivity index (χ4n) is 4.20. The molecule has 0 amide bonds. The summed E-state index contributed by atoms with van der Waals surface area (Å²) in [5, 5.41) is 13.6. The molecule has 1 saturated heterocycles. The highest BCUT2D eigenvalue weighted by Gasteiger charge is 2.65. The van der Waals surface area contributed by atoms with Gasteiger partial charge in [0.1, 0.15) is 24.2 Å². The SMILES string of the molecule is COC(=O)[C@H](C)N[P@](=S)(OC[C@@]1(F)O[C@@H](n2cnc3c(N(C)C)nc(C)nc32)[C@](C)(F)[C@@H]1O)Oc1ccccc1. The number of ether oxygens (including phenoxy) is 2. The monoisotopic (exact) mass is 600 g/mol. The van der Waals surface area contributed by atoms with Crippen LogP contribution in [0.25, 0.3) is 11.2 Å². The van der Waals surface area contributed by atoms with Gasteiger partial charge in [0, 0.05) is 14.1 Å². The third kappa shape index (κ3) is 5.80. The van der Waals surface area contributed by atoms with Gasteiger partial charge in [0.25, 0.3) is 5.85 Å². The molecule has 0 bridgehead atoms. The lowest BCUT2D eigenvalue weighted by Crippen LogP contribution is -2.47. The standard InChI is InChI=1S/C24H31F2N6O6PS/c1-14(20(33)35-6)30-39(40,38-16-10-8-7-9-11-16)36-12-24(26)21(34)23(3,25)22(37-24)32-13-27-17-18(31(4)5)28-15(2)29-19(17)32/h7-11,13-14,21-22,34H,12H2,1-6H3,(H,30,40)/t14-,21-,22+,23+,24+,39-/m0/s1. The second-order valence-corrected chi connectivity index (χ2v) is 12.8. The maximum atomic E-state index is 16.2. The summed E-state index contributed by atoms with van der Waals surface area (Å²) in [7, 11) is 4.71. The van der Waals surface area contributed by atoms with Gasteiger partial charge in [-0.3, -0.25) is 9.36 Å². The van der Waals surface area contributed by atoms with E-state index in [1.807, 2.05) is 0 Å². The zero-order valence-electron chi connectivity index (χ0n) is 22.7. The molecule has 40 heavy (non-hydrogen) atoms.